The van der Waals surface area contributed by atoms with Gasteiger partial charge in [-0.05, 0) is 41.0 Å². The van der Waals surface area contributed by atoms with Crippen molar-refractivity contribution in [2.24, 2.45) is 7.05 Å². The summed E-state index contributed by atoms with van der Waals surface area (Å²) in [5, 5.41) is 0. The molecule has 30 heavy (non-hydrogen) atoms. The summed E-state index contributed by atoms with van der Waals surface area (Å²) in [5.74, 6) is 0. The fourth-order valence-corrected chi connectivity index (χ4v) is 3.27. The van der Waals surface area contributed by atoms with Gasteiger partial charge in [-0.1, -0.05) is 24.3 Å². The highest BCUT2D eigenvalue weighted by Crippen LogP contribution is 2.01. The van der Waals surface area contributed by atoms with Crippen LogP contribution in [-0.4, -0.2) is 18.3 Å². The Morgan fingerprint density at radius 1 is 0.867 bits per heavy atom. The fraction of sp³-hybridized carbons (Fsp3) is 0.455. The summed E-state index contributed by atoms with van der Waals surface area (Å²) < 4.78 is 5.34. The fourth-order valence-electron chi connectivity index (χ4n) is 3.27. The Kier molecular flexibility index (Phi) is 7.37. The summed E-state index contributed by atoms with van der Waals surface area (Å²) in [6, 6.07) is -0.494. The quantitative estimate of drug-likeness (QED) is 0.647. The minimum absolute atomic E-state index is 0.235. The molecule has 2 aromatic heterocycles. The average Bonchev–Trinajstić information content (AvgIpc) is 2.65. The molecule has 0 radical (unpaired) electrons. The van der Waals surface area contributed by atoms with E-state index in [0.29, 0.717) is 17.5 Å². The van der Waals surface area contributed by atoms with Gasteiger partial charge in [0.25, 0.3) is 11.1 Å². The van der Waals surface area contributed by atoms with E-state index in [1.54, 1.807) is 71.4 Å². The molecule has 0 spiro atoms. The Morgan fingerprint density at radius 3 is 2.03 bits per heavy atom. The molecule has 0 bridgehead atoms. The summed E-state index contributed by atoms with van der Waals surface area (Å²) in [5.41, 5.74) is -0.404. The molecule has 0 amide bonds. The zero-order chi connectivity index (χ0) is 22.6. The van der Waals surface area contributed by atoms with Crippen molar-refractivity contribution in [2.45, 2.75) is 59.7 Å². The first kappa shape index (κ1) is 23.1. The second-order valence-electron chi connectivity index (χ2n) is 7.78. The van der Waals surface area contributed by atoms with Crippen LogP contribution in [0.4, 0.5) is 0 Å². The third kappa shape index (κ3) is 4.69. The molecular formula is C22H30N4O4. The van der Waals surface area contributed by atoms with E-state index in [1.165, 1.54) is 18.3 Å². The topological polar surface area (TPSA) is 88.0 Å². The second-order valence-corrected chi connectivity index (χ2v) is 7.78. The highest BCUT2D eigenvalue weighted by molar-refractivity contribution is 5.46. The van der Waals surface area contributed by atoms with E-state index in [1.807, 2.05) is 6.92 Å². The lowest BCUT2D eigenvalue weighted by Crippen LogP contribution is -2.41. The first-order valence-corrected chi connectivity index (χ1v) is 10.0. The Labute approximate surface area is 175 Å². The van der Waals surface area contributed by atoms with Crippen LogP contribution in [-0.2, 0) is 20.0 Å². The van der Waals surface area contributed by atoms with Gasteiger partial charge in [0, 0.05) is 43.6 Å². The Balaban J connectivity index is 2.35. The zero-order valence-electron chi connectivity index (χ0n) is 18.5. The van der Waals surface area contributed by atoms with Gasteiger partial charge in [0.05, 0.1) is 5.56 Å². The molecule has 162 valence electrons. The molecule has 8 heteroatoms. The van der Waals surface area contributed by atoms with Gasteiger partial charge in [0.2, 0.25) is 0 Å². The van der Waals surface area contributed by atoms with Crippen molar-refractivity contribution < 1.29 is 0 Å². The average molecular weight is 415 g/mol. The van der Waals surface area contributed by atoms with E-state index >= 15 is 0 Å². The number of aryl methyl sites for hydroxylation is 1. The monoisotopic (exact) mass is 414 g/mol. The number of aromatic nitrogens is 4. The second kappa shape index (κ2) is 9.56. The van der Waals surface area contributed by atoms with Crippen molar-refractivity contribution in [2.75, 3.05) is 0 Å². The van der Waals surface area contributed by atoms with E-state index in [2.05, 4.69) is 0 Å². The van der Waals surface area contributed by atoms with Crippen LogP contribution in [0.25, 0.3) is 6.08 Å². The first-order chi connectivity index (χ1) is 14.1. The molecule has 8 nitrogen and oxygen atoms in total. The van der Waals surface area contributed by atoms with Gasteiger partial charge in [0.15, 0.2) is 0 Å². The van der Waals surface area contributed by atoms with Crippen LogP contribution in [0.1, 0.15) is 57.8 Å². The van der Waals surface area contributed by atoms with Crippen molar-refractivity contribution in [3.63, 3.8) is 0 Å². The molecule has 0 atom stereocenters. The van der Waals surface area contributed by atoms with Gasteiger partial charge in [0.1, 0.15) is 0 Å². The van der Waals surface area contributed by atoms with E-state index in [4.69, 9.17) is 0 Å². The predicted molar refractivity (Wildman–Crippen MR) is 119 cm³/mol. The van der Waals surface area contributed by atoms with E-state index < -0.39 is 0 Å². The van der Waals surface area contributed by atoms with Gasteiger partial charge >= 0.3 is 11.4 Å². The smallest absolute Gasteiger partial charge is 0.303 e. The number of allylic oxidation sites excluding steroid dienone is 3. The molecule has 2 heterocycles. The largest absolute Gasteiger partial charge is 0.331 e. The summed E-state index contributed by atoms with van der Waals surface area (Å²) >= 11 is 0. The molecule has 0 aliphatic rings. The van der Waals surface area contributed by atoms with Crippen molar-refractivity contribution in [3.05, 3.63) is 83.4 Å². The number of hydrogen-bond donors (Lipinski definition) is 0. The highest BCUT2D eigenvalue weighted by Gasteiger charge is 2.13. The van der Waals surface area contributed by atoms with Crippen LogP contribution in [0.15, 0.2) is 49.8 Å². The normalized spacial score (nSPS) is 12.1. The molecule has 2 aromatic rings. The molecule has 0 aliphatic carbocycles. The first-order valence-electron chi connectivity index (χ1n) is 10.0. The van der Waals surface area contributed by atoms with Crippen molar-refractivity contribution in [3.8, 4) is 0 Å². The zero-order valence-corrected chi connectivity index (χ0v) is 18.5. The lowest BCUT2D eigenvalue weighted by Gasteiger charge is -2.13. The van der Waals surface area contributed by atoms with Gasteiger partial charge in [-0.3, -0.25) is 23.3 Å². The molecule has 0 aliphatic heterocycles. The third-order valence-corrected chi connectivity index (χ3v) is 4.75. The third-order valence-electron chi connectivity index (χ3n) is 4.75. The Morgan fingerprint density at radius 2 is 1.47 bits per heavy atom. The summed E-state index contributed by atoms with van der Waals surface area (Å²) in [7, 11) is 1.62. The molecule has 0 saturated carbocycles. The van der Waals surface area contributed by atoms with Crippen molar-refractivity contribution in [1.29, 1.82) is 0 Å². The van der Waals surface area contributed by atoms with Gasteiger partial charge in [-0.2, -0.15) is 0 Å². The van der Waals surface area contributed by atoms with Crippen LogP contribution >= 0.6 is 0 Å². The van der Waals surface area contributed by atoms with E-state index in [9.17, 15) is 19.2 Å². The number of rotatable bonds is 7. The van der Waals surface area contributed by atoms with Crippen LogP contribution in [0.5, 0.6) is 0 Å². The Bertz CT molecular complexity index is 1200. The molecule has 0 saturated heterocycles. The molecule has 0 aromatic carbocycles. The molecule has 2 rings (SSSR count). The summed E-state index contributed by atoms with van der Waals surface area (Å²) in [6.45, 7) is 9.25. The van der Waals surface area contributed by atoms with Gasteiger partial charge < -0.3 is 4.57 Å². The molecular weight excluding hydrogens is 384 g/mol. The molecule has 0 N–H and O–H groups in total. The highest BCUT2D eigenvalue weighted by atomic mass is 16.2. The predicted octanol–water partition coefficient (Wildman–Crippen LogP) is 1.86. The van der Waals surface area contributed by atoms with Gasteiger partial charge in [-0.25, -0.2) is 9.59 Å². The Hall–Kier alpha value is -3.16. The van der Waals surface area contributed by atoms with Crippen LogP contribution in [0.2, 0.25) is 0 Å². The minimum Gasteiger partial charge on any atom is -0.303 e. The standard InChI is InChI=1S/C22H30N4O4/c1-7-10-17-14-24(22(30)26(16(4)5)19(17)27)12-9-8-11-18-13-23(6)21(29)25(15(2)3)20(18)28/h7-10,13-16H,11-12H2,1-6H3/b9-8+,10-7+. The van der Waals surface area contributed by atoms with Crippen LogP contribution in [0.3, 0.4) is 0 Å². The SMILES string of the molecule is C/C=C/c1cn(C/C=C/Cc2cn(C)c(=O)n(C(C)C)c2=O)c(=O)n(C(C)C)c1=O. The molecule has 0 fully saturated rings. The molecule has 0 unspecified atom stereocenters. The van der Waals surface area contributed by atoms with E-state index in [0.717, 1.165) is 0 Å². The summed E-state index contributed by atoms with van der Waals surface area (Å²) in [6.07, 6.45) is 10.4. The number of nitrogens with zero attached hydrogens (tertiary/aromatic N) is 4. The minimum atomic E-state index is -0.378. The lowest BCUT2D eigenvalue weighted by molar-refractivity contribution is 0.512. The maximum atomic E-state index is 12.7. The van der Waals surface area contributed by atoms with Gasteiger partial charge in [-0.15, -0.1) is 0 Å². The van der Waals surface area contributed by atoms with E-state index in [-0.39, 0.29) is 41.1 Å². The van der Waals surface area contributed by atoms with Crippen LogP contribution in [0, 0.1) is 0 Å². The summed E-state index contributed by atoms with van der Waals surface area (Å²) in [4.78, 5) is 49.9. The maximum absolute atomic E-state index is 12.7. The lowest BCUT2D eigenvalue weighted by atomic mass is 10.2. The number of hydrogen-bond acceptors (Lipinski definition) is 4. The maximum Gasteiger partial charge on any atom is 0.331 e. The van der Waals surface area contributed by atoms with Crippen molar-refractivity contribution >= 4 is 6.08 Å². The van der Waals surface area contributed by atoms with Crippen molar-refractivity contribution in [1.82, 2.24) is 18.3 Å². The van der Waals surface area contributed by atoms with Crippen LogP contribution < -0.4 is 22.5 Å².